The molecule has 2 heterocycles. The van der Waals surface area contributed by atoms with Crippen LogP contribution in [0.3, 0.4) is 0 Å². The Hall–Kier alpha value is -0.150. The average Bonchev–Trinajstić information content (AvgIpc) is 2.30. The van der Waals surface area contributed by atoms with Crippen LogP contribution < -0.4 is 5.32 Å². The van der Waals surface area contributed by atoms with Crippen LogP contribution in [0.4, 0.5) is 4.39 Å². The molecule has 0 radical (unpaired) electrons. The molecule has 0 aromatic heterocycles. The first-order chi connectivity index (χ1) is 6.90. The predicted octanol–water partition coefficient (Wildman–Crippen LogP) is 1.42. The Kier molecular flexibility index (Phi) is 3.76. The van der Waals surface area contributed by atoms with Crippen molar-refractivity contribution in [2.75, 3.05) is 32.9 Å². The van der Waals surface area contributed by atoms with Gasteiger partial charge in [0.1, 0.15) is 0 Å². The first kappa shape index (κ1) is 10.4. The number of piperidine rings is 2. The van der Waals surface area contributed by atoms with Gasteiger partial charge in [-0.3, -0.25) is 9.29 Å². The van der Waals surface area contributed by atoms with Crippen LogP contribution in [0.1, 0.15) is 25.7 Å². The van der Waals surface area contributed by atoms with Gasteiger partial charge in [-0.25, -0.2) is 0 Å². The maximum absolute atomic E-state index is 12.6. The molecule has 0 saturated carbocycles. The second kappa shape index (κ2) is 5.08. The van der Waals surface area contributed by atoms with Crippen molar-refractivity contribution >= 4 is 0 Å². The third-order valence-corrected chi connectivity index (χ3v) is 3.59. The van der Waals surface area contributed by atoms with Crippen molar-refractivity contribution in [1.82, 2.24) is 10.2 Å². The van der Waals surface area contributed by atoms with Crippen molar-refractivity contribution < 1.29 is 4.39 Å². The van der Waals surface area contributed by atoms with E-state index in [1.54, 1.807) is 0 Å². The second-order valence-electron chi connectivity index (χ2n) is 4.64. The molecule has 0 amide bonds. The summed E-state index contributed by atoms with van der Waals surface area (Å²) in [5, 5.41) is 3.38. The van der Waals surface area contributed by atoms with Crippen LogP contribution in [-0.4, -0.2) is 43.8 Å². The Morgan fingerprint density at radius 1 is 1.21 bits per heavy atom. The van der Waals surface area contributed by atoms with Gasteiger partial charge < -0.3 is 5.32 Å². The SMILES string of the molecule is FC[C@@H]1CCCN(C2CCNCC2)C1. The van der Waals surface area contributed by atoms with Crippen LogP contribution in [0.25, 0.3) is 0 Å². The van der Waals surface area contributed by atoms with Crippen LogP contribution in [0.5, 0.6) is 0 Å². The zero-order valence-electron chi connectivity index (χ0n) is 8.84. The lowest BCUT2D eigenvalue weighted by atomic mass is 9.95. The summed E-state index contributed by atoms with van der Waals surface area (Å²) in [5.41, 5.74) is 0. The van der Waals surface area contributed by atoms with Gasteiger partial charge in [0.15, 0.2) is 0 Å². The van der Waals surface area contributed by atoms with E-state index >= 15 is 0 Å². The van der Waals surface area contributed by atoms with E-state index in [4.69, 9.17) is 0 Å². The molecule has 0 bridgehead atoms. The minimum absolute atomic E-state index is 0.124. The fourth-order valence-corrected chi connectivity index (χ4v) is 2.73. The fourth-order valence-electron chi connectivity index (χ4n) is 2.73. The summed E-state index contributed by atoms with van der Waals surface area (Å²) in [4.78, 5) is 2.52. The highest BCUT2D eigenvalue weighted by atomic mass is 19.1. The number of halogens is 1. The Morgan fingerprint density at radius 3 is 2.71 bits per heavy atom. The molecular formula is C11H21FN2. The first-order valence-electron chi connectivity index (χ1n) is 5.91. The lowest BCUT2D eigenvalue weighted by Gasteiger charge is -2.39. The quantitative estimate of drug-likeness (QED) is 0.725. The van der Waals surface area contributed by atoms with Gasteiger partial charge in [-0.05, 0) is 45.3 Å². The van der Waals surface area contributed by atoms with E-state index in [0.717, 1.165) is 32.1 Å². The van der Waals surface area contributed by atoms with Gasteiger partial charge in [-0.1, -0.05) is 0 Å². The molecule has 82 valence electrons. The van der Waals surface area contributed by atoms with E-state index in [1.165, 1.54) is 25.8 Å². The molecule has 2 aliphatic heterocycles. The zero-order chi connectivity index (χ0) is 9.80. The normalized spacial score (nSPS) is 31.9. The van der Waals surface area contributed by atoms with E-state index in [0.29, 0.717) is 5.92 Å². The summed E-state index contributed by atoms with van der Waals surface area (Å²) in [6.45, 7) is 4.35. The highest BCUT2D eigenvalue weighted by Gasteiger charge is 2.26. The minimum atomic E-state index is -0.124. The highest BCUT2D eigenvalue weighted by Crippen LogP contribution is 2.22. The maximum Gasteiger partial charge on any atom is 0.0934 e. The van der Waals surface area contributed by atoms with Gasteiger partial charge in [0.25, 0.3) is 0 Å². The molecule has 0 aromatic carbocycles. The highest BCUT2D eigenvalue weighted by molar-refractivity contribution is 4.82. The number of hydrogen-bond donors (Lipinski definition) is 1. The van der Waals surface area contributed by atoms with Crippen LogP contribution in [0.2, 0.25) is 0 Å². The molecule has 2 saturated heterocycles. The molecule has 0 aromatic rings. The van der Waals surface area contributed by atoms with Gasteiger partial charge >= 0.3 is 0 Å². The van der Waals surface area contributed by atoms with Gasteiger partial charge in [0.2, 0.25) is 0 Å². The van der Waals surface area contributed by atoms with Crippen molar-refractivity contribution in [3.63, 3.8) is 0 Å². The molecule has 1 atom stereocenters. The van der Waals surface area contributed by atoms with E-state index in [-0.39, 0.29) is 6.67 Å². The van der Waals surface area contributed by atoms with E-state index < -0.39 is 0 Å². The maximum atomic E-state index is 12.6. The molecule has 0 unspecified atom stereocenters. The largest absolute Gasteiger partial charge is 0.317 e. The van der Waals surface area contributed by atoms with Crippen LogP contribution in [-0.2, 0) is 0 Å². The third kappa shape index (κ3) is 2.45. The van der Waals surface area contributed by atoms with Gasteiger partial charge in [0, 0.05) is 18.5 Å². The number of nitrogens with one attached hydrogen (secondary N) is 1. The Morgan fingerprint density at radius 2 is 2.00 bits per heavy atom. The zero-order valence-corrected chi connectivity index (χ0v) is 8.84. The number of rotatable bonds is 2. The molecule has 0 spiro atoms. The van der Waals surface area contributed by atoms with Gasteiger partial charge in [-0.15, -0.1) is 0 Å². The summed E-state index contributed by atoms with van der Waals surface area (Å²) >= 11 is 0. The summed E-state index contributed by atoms with van der Waals surface area (Å²) in [5.74, 6) is 0.318. The molecule has 2 rings (SSSR count). The predicted molar refractivity (Wildman–Crippen MR) is 56.2 cm³/mol. The van der Waals surface area contributed by atoms with E-state index in [1.807, 2.05) is 0 Å². The Balaban J connectivity index is 1.83. The first-order valence-corrected chi connectivity index (χ1v) is 5.91. The van der Waals surface area contributed by atoms with Crippen molar-refractivity contribution in [2.24, 2.45) is 5.92 Å². The van der Waals surface area contributed by atoms with Crippen molar-refractivity contribution in [2.45, 2.75) is 31.7 Å². The standard InChI is InChI=1S/C11H21FN2/c12-8-10-2-1-7-14(9-10)11-3-5-13-6-4-11/h10-11,13H,1-9H2/t10-/m0/s1. The number of alkyl halides is 1. The second-order valence-corrected chi connectivity index (χ2v) is 4.64. The molecule has 2 nitrogen and oxygen atoms in total. The molecule has 1 N–H and O–H groups in total. The van der Waals surface area contributed by atoms with Gasteiger partial charge in [0.05, 0.1) is 6.67 Å². The summed E-state index contributed by atoms with van der Waals surface area (Å²) < 4.78 is 12.6. The number of likely N-dealkylation sites (tertiary alicyclic amines) is 1. The van der Waals surface area contributed by atoms with Gasteiger partial charge in [-0.2, -0.15) is 0 Å². The lowest BCUT2D eigenvalue weighted by Crippen LogP contribution is -2.47. The van der Waals surface area contributed by atoms with Crippen LogP contribution in [0, 0.1) is 5.92 Å². The van der Waals surface area contributed by atoms with Crippen molar-refractivity contribution in [3.05, 3.63) is 0 Å². The van der Waals surface area contributed by atoms with Crippen molar-refractivity contribution in [3.8, 4) is 0 Å². The smallest absolute Gasteiger partial charge is 0.0934 e. The molecule has 3 heteroatoms. The van der Waals surface area contributed by atoms with Crippen molar-refractivity contribution in [1.29, 1.82) is 0 Å². The topological polar surface area (TPSA) is 15.3 Å². The fraction of sp³-hybridized carbons (Fsp3) is 1.00. The summed E-state index contributed by atoms with van der Waals surface area (Å²) in [6.07, 6.45) is 4.79. The number of hydrogen-bond acceptors (Lipinski definition) is 2. The van der Waals surface area contributed by atoms with E-state index in [2.05, 4.69) is 10.2 Å². The molecule has 14 heavy (non-hydrogen) atoms. The average molecular weight is 200 g/mol. The molecule has 0 aliphatic carbocycles. The minimum Gasteiger partial charge on any atom is -0.317 e. The van der Waals surface area contributed by atoms with E-state index in [9.17, 15) is 4.39 Å². The number of nitrogens with zero attached hydrogens (tertiary/aromatic N) is 1. The molecule has 2 fully saturated rings. The summed E-state index contributed by atoms with van der Waals surface area (Å²) in [7, 11) is 0. The lowest BCUT2D eigenvalue weighted by molar-refractivity contribution is 0.0923. The van der Waals surface area contributed by atoms with Crippen LogP contribution in [0.15, 0.2) is 0 Å². The monoisotopic (exact) mass is 200 g/mol. The summed E-state index contributed by atoms with van der Waals surface area (Å²) in [6, 6.07) is 0.727. The van der Waals surface area contributed by atoms with Crippen LogP contribution >= 0.6 is 0 Å². The molecular weight excluding hydrogens is 179 g/mol. The third-order valence-electron chi connectivity index (χ3n) is 3.59. The molecule has 2 aliphatic rings. The Bertz CT molecular complexity index is 169. The Labute approximate surface area is 85.9 Å².